The molecular weight excluding hydrogens is 452 g/mol. The van der Waals surface area contributed by atoms with Crippen LogP contribution in [0.5, 0.6) is 0 Å². The molecule has 2 aromatic carbocycles. The molecule has 2 aromatic rings. The normalized spacial score (nSPS) is 10.6. The van der Waals surface area contributed by atoms with E-state index < -0.39 is 35.7 Å². The van der Waals surface area contributed by atoms with Crippen molar-refractivity contribution in [2.24, 2.45) is 5.41 Å². The molecular formula is C24H23ClO8. The number of hydrogen-bond donors (Lipinski definition) is 0. The molecule has 2 rings (SSSR count). The quantitative estimate of drug-likeness (QED) is 0.223. The number of carbonyl (C=O) groups excluding carboxylic acids is 4. The SMILES string of the molecule is C=C(CC(C(=O)OC)(C(=O)OC)C(=O)OCc1ccccc1)C(=O)OCc1ccc(Cl)cc1. The maximum atomic E-state index is 13.0. The number of ether oxygens (including phenoxy) is 4. The largest absolute Gasteiger partial charge is 0.468 e. The zero-order chi connectivity index (χ0) is 24.4. The standard InChI is InChI=1S/C24H23ClO8/c1-16(20(26)32-14-18-9-11-19(25)12-10-18)13-24(21(27)30-2,22(28)31-3)23(29)33-15-17-7-5-4-6-8-17/h4-12H,1,13-15H2,2-3H3. The number of rotatable bonds is 10. The molecule has 0 atom stereocenters. The first kappa shape index (κ1) is 25.6. The second kappa shape index (κ2) is 11.8. The Balaban J connectivity index is 2.20. The van der Waals surface area contributed by atoms with Crippen molar-refractivity contribution in [3.05, 3.63) is 82.9 Å². The molecule has 8 nitrogen and oxygen atoms in total. The topological polar surface area (TPSA) is 105 Å². The molecule has 0 aliphatic heterocycles. The predicted molar refractivity (Wildman–Crippen MR) is 118 cm³/mol. The van der Waals surface area contributed by atoms with E-state index in [1.54, 1.807) is 54.6 Å². The van der Waals surface area contributed by atoms with Crippen molar-refractivity contribution < 1.29 is 38.1 Å². The molecule has 0 saturated carbocycles. The van der Waals surface area contributed by atoms with Crippen molar-refractivity contribution in [2.45, 2.75) is 19.6 Å². The minimum atomic E-state index is -2.59. The zero-order valence-corrected chi connectivity index (χ0v) is 18.9. The number of halogens is 1. The van der Waals surface area contributed by atoms with Crippen LogP contribution < -0.4 is 0 Å². The Morgan fingerprint density at radius 2 is 1.30 bits per heavy atom. The summed E-state index contributed by atoms with van der Waals surface area (Å²) in [5.41, 5.74) is -1.64. The molecule has 174 valence electrons. The molecule has 9 heteroatoms. The van der Waals surface area contributed by atoms with Crippen LogP contribution in [0.4, 0.5) is 0 Å². The number of hydrogen-bond acceptors (Lipinski definition) is 8. The van der Waals surface area contributed by atoms with Gasteiger partial charge in [0.2, 0.25) is 0 Å². The van der Waals surface area contributed by atoms with Crippen LogP contribution >= 0.6 is 11.6 Å². The molecule has 0 bridgehead atoms. The third kappa shape index (κ3) is 6.43. The second-order valence-electron chi connectivity index (χ2n) is 6.93. The third-order valence-electron chi connectivity index (χ3n) is 4.68. The van der Waals surface area contributed by atoms with Crippen LogP contribution in [0.2, 0.25) is 5.02 Å². The van der Waals surface area contributed by atoms with Gasteiger partial charge in [0, 0.05) is 17.0 Å². The molecule has 0 unspecified atom stereocenters. The van der Waals surface area contributed by atoms with Crippen LogP contribution in [-0.2, 0) is 51.3 Å². The lowest BCUT2D eigenvalue weighted by Crippen LogP contribution is -2.49. The number of carbonyl (C=O) groups is 4. The Morgan fingerprint density at radius 3 is 1.85 bits per heavy atom. The molecule has 0 radical (unpaired) electrons. The van der Waals surface area contributed by atoms with Crippen LogP contribution in [0.1, 0.15) is 17.5 Å². The summed E-state index contributed by atoms with van der Waals surface area (Å²) in [6, 6.07) is 15.2. The summed E-state index contributed by atoms with van der Waals surface area (Å²) in [4.78, 5) is 50.7. The summed E-state index contributed by atoms with van der Waals surface area (Å²) in [7, 11) is 1.98. The first-order chi connectivity index (χ1) is 15.7. The van der Waals surface area contributed by atoms with Crippen molar-refractivity contribution in [1.29, 1.82) is 0 Å². The molecule has 0 fully saturated rings. The minimum absolute atomic E-state index is 0.114. The highest BCUT2D eigenvalue weighted by molar-refractivity contribution is 6.30. The van der Waals surface area contributed by atoms with Crippen LogP contribution in [0.3, 0.4) is 0 Å². The summed E-state index contributed by atoms with van der Waals surface area (Å²) < 4.78 is 19.8. The van der Waals surface area contributed by atoms with Crippen molar-refractivity contribution in [3.63, 3.8) is 0 Å². The Morgan fingerprint density at radius 1 is 0.788 bits per heavy atom. The highest BCUT2D eigenvalue weighted by Gasteiger charge is 2.58. The van der Waals surface area contributed by atoms with E-state index in [4.69, 9.17) is 21.1 Å². The molecule has 0 aliphatic carbocycles. The summed E-state index contributed by atoms with van der Waals surface area (Å²) in [5, 5.41) is 0.518. The van der Waals surface area contributed by atoms with E-state index in [-0.39, 0.29) is 18.8 Å². The molecule has 0 amide bonds. The van der Waals surface area contributed by atoms with Gasteiger partial charge in [-0.2, -0.15) is 0 Å². The predicted octanol–water partition coefficient (Wildman–Crippen LogP) is 3.41. The van der Waals surface area contributed by atoms with E-state index in [2.05, 4.69) is 16.1 Å². The van der Waals surface area contributed by atoms with Gasteiger partial charge in [-0.25, -0.2) is 4.79 Å². The maximum absolute atomic E-state index is 13.0. The van der Waals surface area contributed by atoms with Gasteiger partial charge in [-0.3, -0.25) is 14.4 Å². The summed E-state index contributed by atoms with van der Waals surface area (Å²) >= 11 is 5.83. The first-order valence-corrected chi connectivity index (χ1v) is 10.1. The van der Waals surface area contributed by atoms with E-state index in [1.807, 2.05) is 0 Å². The number of esters is 4. The van der Waals surface area contributed by atoms with E-state index >= 15 is 0 Å². The van der Waals surface area contributed by atoms with E-state index in [1.165, 1.54) is 0 Å². The van der Waals surface area contributed by atoms with Gasteiger partial charge in [-0.1, -0.05) is 60.6 Å². The first-order valence-electron chi connectivity index (χ1n) is 9.72. The molecule has 33 heavy (non-hydrogen) atoms. The fraction of sp³-hybridized carbons (Fsp3) is 0.250. The maximum Gasteiger partial charge on any atom is 0.335 e. The lowest BCUT2D eigenvalue weighted by Gasteiger charge is -2.26. The molecule has 0 spiro atoms. The Labute approximate surface area is 196 Å². The van der Waals surface area contributed by atoms with Gasteiger partial charge in [-0.05, 0) is 23.3 Å². The Hall–Kier alpha value is -3.65. The van der Waals surface area contributed by atoms with Crippen molar-refractivity contribution in [2.75, 3.05) is 14.2 Å². The minimum Gasteiger partial charge on any atom is -0.468 e. The summed E-state index contributed by atoms with van der Waals surface area (Å²) in [6.45, 7) is 3.25. The van der Waals surface area contributed by atoms with E-state index in [9.17, 15) is 19.2 Å². The van der Waals surface area contributed by atoms with Crippen LogP contribution in [0.15, 0.2) is 66.7 Å². The number of benzene rings is 2. The average Bonchev–Trinajstić information content (AvgIpc) is 2.84. The zero-order valence-electron chi connectivity index (χ0n) is 18.2. The second-order valence-corrected chi connectivity index (χ2v) is 7.37. The highest BCUT2D eigenvalue weighted by atomic mass is 35.5. The van der Waals surface area contributed by atoms with Crippen LogP contribution in [-0.4, -0.2) is 38.1 Å². The Kier molecular flexibility index (Phi) is 9.18. The Bertz CT molecular complexity index is 999. The lowest BCUT2D eigenvalue weighted by molar-refractivity contribution is -0.182. The van der Waals surface area contributed by atoms with Crippen LogP contribution in [0.25, 0.3) is 0 Å². The van der Waals surface area contributed by atoms with Gasteiger partial charge in [0.15, 0.2) is 0 Å². The summed E-state index contributed by atoms with van der Waals surface area (Å²) in [6.07, 6.45) is -0.751. The summed E-state index contributed by atoms with van der Waals surface area (Å²) in [5.74, 6) is -4.66. The molecule has 0 aromatic heterocycles. The molecule has 0 N–H and O–H groups in total. The van der Waals surface area contributed by atoms with Gasteiger partial charge >= 0.3 is 23.9 Å². The molecule has 0 aliphatic rings. The highest BCUT2D eigenvalue weighted by Crippen LogP contribution is 2.32. The van der Waals surface area contributed by atoms with Gasteiger partial charge in [0.1, 0.15) is 13.2 Å². The molecule has 0 heterocycles. The van der Waals surface area contributed by atoms with E-state index in [0.717, 1.165) is 14.2 Å². The molecule has 0 saturated heterocycles. The van der Waals surface area contributed by atoms with Gasteiger partial charge in [0.25, 0.3) is 5.41 Å². The lowest BCUT2D eigenvalue weighted by atomic mass is 9.81. The fourth-order valence-electron chi connectivity index (χ4n) is 2.89. The van der Waals surface area contributed by atoms with Gasteiger partial charge in [-0.15, -0.1) is 0 Å². The van der Waals surface area contributed by atoms with Crippen molar-refractivity contribution in [1.82, 2.24) is 0 Å². The monoisotopic (exact) mass is 474 g/mol. The average molecular weight is 475 g/mol. The fourth-order valence-corrected chi connectivity index (χ4v) is 3.01. The van der Waals surface area contributed by atoms with Crippen LogP contribution in [0, 0.1) is 5.41 Å². The van der Waals surface area contributed by atoms with Crippen molar-refractivity contribution >= 4 is 35.5 Å². The third-order valence-corrected chi connectivity index (χ3v) is 4.93. The van der Waals surface area contributed by atoms with Gasteiger partial charge in [0.05, 0.1) is 14.2 Å². The van der Waals surface area contributed by atoms with Gasteiger partial charge < -0.3 is 18.9 Å². The smallest absolute Gasteiger partial charge is 0.335 e. The van der Waals surface area contributed by atoms with Crippen molar-refractivity contribution in [3.8, 4) is 0 Å². The number of methoxy groups -OCH3 is 2. The van der Waals surface area contributed by atoms with E-state index in [0.29, 0.717) is 16.1 Å².